The lowest BCUT2D eigenvalue weighted by molar-refractivity contribution is -0.137. The number of rotatable bonds is 4. The van der Waals surface area contributed by atoms with Crippen molar-refractivity contribution in [3.05, 3.63) is 46.2 Å². The van der Waals surface area contributed by atoms with Gasteiger partial charge in [-0.3, -0.25) is 4.79 Å². The van der Waals surface area contributed by atoms with Crippen LogP contribution in [-0.2, 0) is 11.0 Å². The van der Waals surface area contributed by atoms with Gasteiger partial charge in [-0.15, -0.1) is 0 Å². The first-order valence-electron chi connectivity index (χ1n) is 15.7. The number of aryl methyl sites for hydroxylation is 1. The van der Waals surface area contributed by atoms with Crippen molar-refractivity contribution in [3.8, 4) is 6.07 Å². The van der Waals surface area contributed by atoms with Crippen LogP contribution < -0.4 is 0 Å². The molecule has 1 heterocycles. The highest BCUT2D eigenvalue weighted by atomic mass is 19.4. The number of aliphatic imine (C=N–C) groups is 1. The molecule has 43 heavy (non-hydrogen) atoms. The molecule has 5 nitrogen and oxygen atoms in total. The van der Waals surface area contributed by atoms with Crippen LogP contribution >= 0.6 is 0 Å². The van der Waals surface area contributed by atoms with Crippen molar-refractivity contribution in [1.82, 2.24) is 9.80 Å². The summed E-state index contributed by atoms with van der Waals surface area (Å²) in [5.74, 6) is 1.51. The lowest BCUT2D eigenvalue weighted by atomic mass is 9.54. The maximum Gasteiger partial charge on any atom is 0.417 e. The zero-order chi connectivity index (χ0) is 31.6. The van der Waals surface area contributed by atoms with Gasteiger partial charge in [-0.05, 0) is 100 Å². The quantitative estimate of drug-likeness (QED) is 0.203. The molecule has 5 aliphatic rings. The molecule has 1 aromatic rings. The average Bonchev–Trinajstić information content (AvgIpc) is 3.55. The van der Waals surface area contributed by atoms with E-state index in [0.717, 1.165) is 43.0 Å². The van der Waals surface area contributed by atoms with E-state index in [1.807, 2.05) is 4.90 Å². The van der Waals surface area contributed by atoms with E-state index in [1.54, 1.807) is 13.8 Å². The molecule has 1 aliphatic heterocycles. The summed E-state index contributed by atoms with van der Waals surface area (Å²) in [6.07, 6.45) is 11.1. The van der Waals surface area contributed by atoms with Crippen LogP contribution in [0.4, 0.5) is 13.2 Å². The van der Waals surface area contributed by atoms with Crippen molar-refractivity contribution >= 4 is 20.1 Å². The van der Waals surface area contributed by atoms with Gasteiger partial charge in [0.1, 0.15) is 0 Å². The number of carbonyl (C=O) groups excluding carboxylic acids is 1. The molecule has 2 radical (unpaired) electrons. The van der Waals surface area contributed by atoms with Crippen LogP contribution in [-0.4, -0.2) is 56.1 Å². The van der Waals surface area contributed by atoms with Crippen LogP contribution in [0.5, 0.6) is 0 Å². The number of nitriles is 1. The minimum atomic E-state index is -4.45. The largest absolute Gasteiger partial charge is 0.417 e. The zero-order valence-corrected chi connectivity index (χ0v) is 26.4. The third-order valence-electron chi connectivity index (χ3n) is 10.2. The monoisotopic (exact) mass is 594 g/mol. The first-order valence-corrected chi connectivity index (χ1v) is 15.7. The summed E-state index contributed by atoms with van der Waals surface area (Å²) in [5, 5.41) is 8.42. The van der Waals surface area contributed by atoms with Crippen LogP contribution in [0, 0.1) is 35.5 Å². The van der Waals surface area contributed by atoms with Gasteiger partial charge in [-0.2, -0.15) is 18.4 Å². The van der Waals surface area contributed by atoms with Gasteiger partial charge in [0.25, 0.3) is 0 Å². The van der Waals surface area contributed by atoms with Crippen molar-refractivity contribution < 1.29 is 18.0 Å². The fourth-order valence-corrected chi connectivity index (χ4v) is 7.13. The highest BCUT2D eigenvalue weighted by Gasteiger charge is 2.49. The van der Waals surface area contributed by atoms with Gasteiger partial charge in [0, 0.05) is 44.7 Å². The van der Waals surface area contributed by atoms with Gasteiger partial charge in [-0.25, -0.2) is 4.99 Å². The summed E-state index contributed by atoms with van der Waals surface area (Å²) < 4.78 is 36.6. The molecule has 0 unspecified atom stereocenters. The Morgan fingerprint density at radius 3 is 2.30 bits per heavy atom. The Labute approximate surface area is 257 Å². The van der Waals surface area contributed by atoms with Crippen LogP contribution in [0.25, 0.3) is 0 Å². The Morgan fingerprint density at radius 2 is 1.81 bits per heavy atom. The predicted octanol–water partition coefficient (Wildman–Crippen LogP) is 7.84. The van der Waals surface area contributed by atoms with E-state index in [9.17, 15) is 18.0 Å². The molecular formula is C34H46BF3N4O. The Kier molecular flexibility index (Phi) is 10.1. The molecule has 1 aromatic carbocycles. The standard InChI is InChI=1S/C16H26N2.C9H14BNO.C9H6F3N/c1-12(2)15(13-5-6-13)17-11-18(3)14-9-16(10-14)7-4-8-16;1-7(12)11-5-8-3-2-4-9(8,10)6-11;1-6-2-3-8(9(10,11)12)7(4-6)5-13/h11,13-14H,4-10H2,1-3H3;8H,2-6H2,1H3;2-4H,1H3/t;8-,9-;/m.1./s1. The second-order valence-electron chi connectivity index (χ2n) is 13.9. The van der Waals surface area contributed by atoms with Gasteiger partial charge < -0.3 is 9.80 Å². The van der Waals surface area contributed by atoms with E-state index in [2.05, 4.69) is 32.1 Å². The Balaban J connectivity index is 0.000000152. The lowest BCUT2D eigenvalue weighted by Gasteiger charge is -2.56. The molecule has 5 fully saturated rings. The minimum absolute atomic E-state index is 0.0360. The Bertz CT molecular complexity index is 1270. The highest BCUT2D eigenvalue weighted by Crippen LogP contribution is 2.57. The van der Waals surface area contributed by atoms with Gasteiger partial charge >= 0.3 is 6.18 Å². The maximum atomic E-state index is 12.2. The molecule has 0 bridgehead atoms. The van der Waals surface area contributed by atoms with Crippen molar-refractivity contribution in [2.75, 3.05) is 20.1 Å². The molecule has 1 spiro atoms. The molecule has 9 heteroatoms. The molecule has 0 aromatic heterocycles. The van der Waals surface area contributed by atoms with Crippen LogP contribution in [0.3, 0.4) is 0 Å². The summed E-state index contributed by atoms with van der Waals surface area (Å²) in [7, 11) is 8.40. The van der Waals surface area contributed by atoms with Crippen LogP contribution in [0.1, 0.15) is 102 Å². The van der Waals surface area contributed by atoms with E-state index in [1.165, 1.54) is 87.3 Å². The van der Waals surface area contributed by atoms with E-state index in [-0.39, 0.29) is 16.8 Å². The highest BCUT2D eigenvalue weighted by molar-refractivity contribution is 6.16. The summed E-state index contributed by atoms with van der Waals surface area (Å²) >= 11 is 0. The Morgan fingerprint density at radius 1 is 1.14 bits per heavy atom. The molecule has 4 aliphatic carbocycles. The number of hydrogen-bond donors (Lipinski definition) is 0. The van der Waals surface area contributed by atoms with E-state index in [0.29, 0.717) is 11.5 Å². The third-order valence-corrected chi connectivity index (χ3v) is 10.2. The summed E-state index contributed by atoms with van der Waals surface area (Å²) in [4.78, 5) is 20.1. The predicted molar refractivity (Wildman–Crippen MR) is 166 cm³/mol. The normalized spacial score (nSPS) is 25.4. The summed E-state index contributed by atoms with van der Waals surface area (Å²) in [6, 6.07) is 5.77. The molecule has 1 saturated heterocycles. The molecule has 1 amide bonds. The summed E-state index contributed by atoms with van der Waals surface area (Å²) in [6.45, 7) is 9.33. The van der Waals surface area contributed by atoms with E-state index < -0.39 is 11.7 Å². The van der Waals surface area contributed by atoms with Crippen LogP contribution in [0.15, 0.2) is 34.5 Å². The third kappa shape index (κ3) is 8.05. The van der Waals surface area contributed by atoms with Gasteiger partial charge in [0.2, 0.25) is 5.91 Å². The van der Waals surface area contributed by atoms with Gasteiger partial charge in [0.15, 0.2) is 0 Å². The smallest absolute Gasteiger partial charge is 0.363 e. The number of benzene rings is 1. The van der Waals surface area contributed by atoms with E-state index >= 15 is 0 Å². The Hall–Kier alpha value is -2.76. The number of carbonyl (C=O) groups is 1. The molecule has 2 atom stereocenters. The maximum absolute atomic E-state index is 12.2. The first kappa shape index (κ1) is 33.1. The molecule has 6 rings (SSSR count). The van der Waals surface area contributed by atoms with Crippen molar-refractivity contribution in [1.29, 1.82) is 5.26 Å². The number of allylic oxidation sites excluding steroid dienone is 2. The van der Waals surface area contributed by atoms with Crippen LogP contribution in [0.2, 0.25) is 5.31 Å². The number of amides is 1. The molecule has 0 N–H and O–H groups in total. The second-order valence-corrected chi connectivity index (χ2v) is 13.9. The zero-order valence-electron chi connectivity index (χ0n) is 26.4. The summed E-state index contributed by atoms with van der Waals surface area (Å²) in [5.41, 5.74) is 2.95. The first-order chi connectivity index (χ1) is 20.2. The number of halogens is 3. The molecule has 4 saturated carbocycles. The molecule has 232 valence electrons. The minimum Gasteiger partial charge on any atom is -0.363 e. The van der Waals surface area contributed by atoms with Crippen molar-refractivity contribution in [3.63, 3.8) is 0 Å². The average molecular weight is 595 g/mol. The second kappa shape index (κ2) is 13.1. The van der Waals surface area contributed by atoms with Crippen molar-refractivity contribution in [2.24, 2.45) is 22.2 Å². The number of fused-ring (bicyclic) bond motifs is 1. The number of nitrogens with zero attached hydrogens (tertiary/aromatic N) is 4. The SMILES string of the molecule is CC(C)=C(N=CN(C)C1CC2(CCC2)C1)C1CC1.Cc1ccc(C(F)(F)F)c(C#N)c1.[B][C@@]12CCC[C@@H]1CN(C(C)=O)C2. The van der Waals surface area contributed by atoms with E-state index in [4.69, 9.17) is 18.1 Å². The number of hydrogen-bond acceptors (Lipinski definition) is 3. The fourth-order valence-electron chi connectivity index (χ4n) is 7.13. The fraction of sp³-hybridized carbons (Fsp3) is 0.676. The van der Waals surface area contributed by atoms with Gasteiger partial charge in [-0.1, -0.05) is 30.9 Å². The molecular weight excluding hydrogens is 548 g/mol. The topological polar surface area (TPSA) is 59.7 Å². The van der Waals surface area contributed by atoms with Gasteiger partial charge in [0.05, 0.1) is 31.4 Å². The lowest BCUT2D eigenvalue weighted by Crippen LogP contribution is -2.52. The number of alkyl halides is 3. The number of likely N-dealkylation sites (tertiary alicyclic amines) is 1. The van der Waals surface area contributed by atoms with Crippen molar-refractivity contribution in [2.45, 2.75) is 109 Å².